The Labute approximate surface area is 185 Å². The molecule has 0 radical (unpaired) electrons. The van der Waals surface area contributed by atoms with E-state index in [9.17, 15) is 4.79 Å². The van der Waals surface area contributed by atoms with E-state index in [1.54, 1.807) is 28.9 Å². The van der Waals surface area contributed by atoms with Gasteiger partial charge < -0.3 is 5.32 Å². The average molecular weight is 449 g/mol. The number of pyridine rings is 1. The van der Waals surface area contributed by atoms with Crippen molar-refractivity contribution in [1.82, 2.24) is 15.0 Å². The molecule has 0 saturated carbocycles. The number of rotatable bonds is 5. The first-order valence-corrected chi connectivity index (χ1v) is 11.9. The van der Waals surface area contributed by atoms with Crippen LogP contribution in [0.2, 0.25) is 0 Å². The molecular formula is C22H16N4OS3. The fourth-order valence-corrected chi connectivity index (χ4v) is 5.97. The molecule has 5 aromatic rings. The zero-order valence-corrected chi connectivity index (χ0v) is 18.4. The van der Waals surface area contributed by atoms with E-state index in [-0.39, 0.29) is 5.91 Å². The van der Waals surface area contributed by atoms with Crippen molar-refractivity contribution in [2.24, 2.45) is 0 Å². The van der Waals surface area contributed by atoms with Crippen molar-refractivity contribution in [3.05, 3.63) is 66.4 Å². The average Bonchev–Trinajstić information content (AvgIpc) is 3.37. The van der Waals surface area contributed by atoms with Crippen molar-refractivity contribution in [2.45, 2.75) is 11.3 Å². The van der Waals surface area contributed by atoms with Gasteiger partial charge in [0, 0.05) is 17.4 Å². The van der Waals surface area contributed by atoms with Crippen molar-refractivity contribution >= 4 is 66.6 Å². The highest BCUT2D eigenvalue weighted by molar-refractivity contribution is 8.01. The van der Waals surface area contributed by atoms with Gasteiger partial charge in [0.05, 0.1) is 16.0 Å². The minimum absolute atomic E-state index is 0.0505. The molecule has 3 aromatic heterocycles. The quantitative estimate of drug-likeness (QED) is 0.334. The number of hydrogen-bond acceptors (Lipinski definition) is 7. The number of aromatic nitrogens is 3. The second kappa shape index (κ2) is 8.14. The molecule has 148 valence electrons. The lowest BCUT2D eigenvalue weighted by Gasteiger charge is -2.11. The van der Waals surface area contributed by atoms with Gasteiger partial charge in [0.2, 0.25) is 5.91 Å². The topological polar surface area (TPSA) is 67.8 Å². The summed E-state index contributed by atoms with van der Waals surface area (Å²) in [4.78, 5) is 27.1. The summed E-state index contributed by atoms with van der Waals surface area (Å²) in [5.74, 6) is 0.264. The van der Waals surface area contributed by atoms with E-state index >= 15 is 0 Å². The third-order valence-electron chi connectivity index (χ3n) is 4.61. The number of hydrogen-bond donors (Lipinski definition) is 1. The van der Waals surface area contributed by atoms with Gasteiger partial charge in [0.1, 0.15) is 15.4 Å². The molecule has 0 fully saturated rings. The van der Waals surface area contributed by atoms with Crippen LogP contribution in [0.5, 0.6) is 0 Å². The highest BCUT2D eigenvalue weighted by atomic mass is 32.2. The summed E-state index contributed by atoms with van der Waals surface area (Å²) < 4.78 is 2.04. The Bertz CT molecular complexity index is 1310. The molecule has 3 heterocycles. The van der Waals surface area contributed by atoms with Crippen LogP contribution in [0.3, 0.4) is 0 Å². The van der Waals surface area contributed by atoms with E-state index < -0.39 is 0 Å². The minimum atomic E-state index is -0.0505. The lowest BCUT2D eigenvalue weighted by molar-refractivity contribution is -0.113. The number of para-hydroxylation sites is 1. The Morgan fingerprint density at radius 3 is 2.73 bits per heavy atom. The Hall–Kier alpha value is -2.81. The second-order valence-electron chi connectivity index (χ2n) is 6.61. The molecular weight excluding hydrogens is 432 g/mol. The summed E-state index contributed by atoms with van der Waals surface area (Å²) in [5.41, 5.74) is 4.66. The first kappa shape index (κ1) is 19.2. The lowest BCUT2D eigenvalue weighted by Crippen LogP contribution is -2.15. The van der Waals surface area contributed by atoms with Gasteiger partial charge in [-0.3, -0.25) is 4.79 Å². The predicted molar refractivity (Wildman–Crippen MR) is 127 cm³/mol. The Morgan fingerprint density at radius 2 is 1.87 bits per heavy atom. The van der Waals surface area contributed by atoms with Crippen LogP contribution in [0.15, 0.2) is 65.1 Å². The number of amides is 1. The first-order valence-electron chi connectivity index (χ1n) is 9.27. The second-order valence-corrected chi connectivity index (χ2v) is 9.84. The third-order valence-corrected chi connectivity index (χ3v) is 7.80. The highest BCUT2D eigenvalue weighted by Gasteiger charge is 2.14. The summed E-state index contributed by atoms with van der Waals surface area (Å²) in [7, 11) is 0. The molecule has 30 heavy (non-hydrogen) atoms. The van der Waals surface area contributed by atoms with E-state index in [1.165, 1.54) is 11.8 Å². The minimum Gasteiger partial charge on any atom is -0.325 e. The highest BCUT2D eigenvalue weighted by Crippen LogP contribution is 2.34. The predicted octanol–water partition coefficient (Wildman–Crippen LogP) is 6.01. The van der Waals surface area contributed by atoms with Gasteiger partial charge in [-0.2, -0.15) is 0 Å². The van der Waals surface area contributed by atoms with Gasteiger partial charge in [-0.1, -0.05) is 47.4 Å². The summed E-state index contributed by atoms with van der Waals surface area (Å²) >= 11 is 4.62. The van der Waals surface area contributed by atoms with E-state index in [2.05, 4.69) is 15.3 Å². The Balaban J connectivity index is 1.32. The Morgan fingerprint density at radius 1 is 1.00 bits per heavy atom. The number of nitrogens with zero attached hydrogens (tertiary/aromatic N) is 3. The molecule has 0 aliphatic rings. The molecule has 2 aromatic carbocycles. The van der Waals surface area contributed by atoms with Gasteiger partial charge in [0.25, 0.3) is 0 Å². The van der Waals surface area contributed by atoms with Crippen molar-refractivity contribution in [1.29, 1.82) is 0 Å². The SMILES string of the molecule is Cc1c(NC(=O)CSc2nc3ccccc3s2)cccc1-c1nc2cccnc2s1. The molecule has 1 N–H and O–H groups in total. The molecule has 1 amide bonds. The van der Waals surface area contributed by atoms with Crippen LogP contribution in [-0.2, 0) is 4.79 Å². The maximum Gasteiger partial charge on any atom is 0.234 e. The fourth-order valence-electron chi connectivity index (χ4n) is 3.11. The molecule has 0 unspecified atom stereocenters. The number of thiazole rings is 2. The summed E-state index contributed by atoms with van der Waals surface area (Å²) in [6.45, 7) is 2.01. The summed E-state index contributed by atoms with van der Waals surface area (Å²) in [6.07, 6.45) is 1.77. The monoisotopic (exact) mass is 448 g/mol. The maximum absolute atomic E-state index is 12.6. The molecule has 5 nitrogen and oxygen atoms in total. The normalized spacial score (nSPS) is 11.2. The number of carbonyl (C=O) groups excluding carboxylic acids is 1. The zero-order valence-electron chi connectivity index (χ0n) is 16.0. The number of carbonyl (C=O) groups is 1. The number of fused-ring (bicyclic) bond motifs is 2. The maximum atomic E-state index is 12.6. The number of thioether (sulfide) groups is 1. The molecule has 0 aliphatic carbocycles. The third kappa shape index (κ3) is 3.81. The van der Waals surface area contributed by atoms with Gasteiger partial charge >= 0.3 is 0 Å². The van der Waals surface area contributed by atoms with Gasteiger partial charge in [0.15, 0.2) is 4.34 Å². The van der Waals surface area contributed by atoms with Gasteiger partial charge in [-0.05, 0) is 42.8 Å². The van der Waals surface area contributed by atoms with Crippen LogP contribution in [0.25, 0.3) is 31.1 Å². The number of benzene rings is 2. The van der Waals surface area contributed by atoms with Crippen LogP contribution in [0, 0.1) is 6.92 Å². The molecule has 0 aliphatic heterocycles. The van der Waals surface area contributed by atoms with E-state index in [0.29, 0.717) is 5.75 Å². The van der Waals surface area contributed by atoms with E-state index in [4.69, 9.17) is 4.98 Å². The lowest BCUT2D eigenvalue weighted by atomic mass is 10.1. The van der Waals surface area contributed by atoms with Crippen LogP contribution >= 0.6 is 34.4 Å². The van der Waals surface area contributed by atoms with Crippen LogP contribution in [-0.4, -0.2) is 26.6 Å². The van der Waals surface area contributed by atoms with Crippen molar-refractivity contribution in [3.63, 3.8) is 0 Å². The van der Waals surface area contributed by atoms with E-state index in [0.717, 1.165) is 46.7 Å². The zero-order chi connectivity index (χ0) is 20.5. The molecule has 8 heteroatoms. The Kier molecular flexibility index (Phi) is 5.20. The molecule has 5 rings (SSSR count). The van der Waals surface area contributed by atoms with Crippen molar-refractivity contribution in [2.75, 3.05) is 11.1 Å². The number of nitrogens with one attached hydrogen (secondary N) is 1. The molecule has 0 spiro atoms. The first-order chi connectivity index (χ1) is 14.7. The van der Waals surface area contributed by atoms with Crippen LogP contribution in [0.1, 0.15) is 5.56 Å². The molecule has 0 atom stereocenters. The standard InChI is InChI=1S/C22H16N4OS3/c1-13-14(20-25-17-9-5-11-23-21(17)30-20)6-4-8-15(13)24-19(27)12-28-22-26-16-7-2-3-10-18(16)29-22/h2-11H,12H2,1H3,(H,24,27). The van der Waals surface area contributed by atoms with Gasteiger partial charge in [-0.25, -0.2) is 15.0 Å². The molecule has 0 bridgehead atoms. The van der Waals surface area contributed by atoms with Crippen molar-refractivity contribution < 1.29 is 4.79 Å². The summed E-state index contributed by atoms with van der Waals surface area (Å²) in [5, 5.41) is 3.94. The van der Waals surface area contributed by atoms with Crippen LogP contribution in [0.4, 0.5) is 5.69 Å². The largest absolute Gasteiger partial charge is 0.325 e. The fraction of sp³-hybridized carbons (Fsp3) is 0.0909. The van der Waals surface area contributed by atoms with Crippen LogP contribution < -0.4 is 5.32 Å². The number of anilines is 1. The van der Waals surface area contributed by atoms with E-state index in [1.807, 2.05) is 61.5 Å². The molecule has 0 saturated heterocycles. The van der Waals surface area contributed by atoms with Gasteiger partial charge in [-0.15, -0.1) is 11.3 Å². The van der Waals surface area contributed by atoms with Crippen molar-refractivity contribution in [3.8, 4) is 10.6 Å². The smallest absolute Gasteiger partial charge is 0.234 e. The summed E-state index contributed by atoms with van der Waals surface area (Å²) in [6, 6.07) is 17.7.